The lowest BCUT2D eigenvalue weighted by atomic mass is 9.92. The van der Waals surface area contributed by atoms with Gasteiger partial charge in [0.2, 0.25) is 0 Å². The Labute approximate surface area is 163 Å². The van der Waals surface area contributed by atoms with Crippen LogP contribution in [0.15, 0.2) is 24.4 Å². The zero-order valence-electron chi connectivity index (χ0n) is 15.9. The minimum Gasteiger partial charge on any atom is -0.379 e. The molecule has 1 saturated heterocycles. The van der Waals surface area contributed by atoms with E-state index in [0.717, 1.165) is 80.0 Å². The number of nitrogens with one attached hydrogen (secondary N) is 3. The Bertz CT molecular complexity index is 1000. The number of morpholine rings is 1. The van der Waals surface area contributed by atoms with Crippen LogP contribution in [-0.4, -0.2) is 65.4 Å². The third kappa shape index (κ3) is 3.10. The highest BCUT2D eigenvalue weighted by atomic mass is 16.5. The van der Waals surface area contributed by atoms with E-state index in [1.807, 2.05) is 24.4 Å². The number of aryl methyl sites for hydroxylation is 2. The molecule has 0 spiro atoms. The summed E-state index contributed by atoms with van der Waals surface area (Å²) in [4.78, 5) is 18.8. The Morgan fingerprint density at radius 2 is 2.11 bits per heavy atom. The maximum absolute atomic E-state index is 12.9. The number of aromatic amines is 2. The van der Waals surface area contributed by atoms with Crippen molar-refractivity contribution in [2.75, 3.05) is 39.4 Å². The first-order chi connectivity index (χ1) is 13.8. The molecule has 7 heteroatoms. The van der Waals surface area contributed by atoms with Crippen molar-refractivity contribution in [3.05, 3.63) is 41.1 Å². The lowest BCUT2D eigenvalue weighted by Gasteiger charge is -2.26. The third-order valence-corrected chi connectivity index (χ3v) is 5.82. The van der Waals surface area contributed by atoms with Crippen LogP contribution in [0.1, 0.15) is 27.9 Å². The van der Waals surface area contributed by atoms with Gasteiger partial charge in [0, 0.05) is 36.1 Å². The van der Waals surface area contributed by atoms with Gasteiger partial charge in [0.1, 0.15) is 0 Å². The van der Waals surface area contributed by atoms with Gasteiger partial charge in [-0.2, -0.15) is 5.10 Å². The van der Waals surface area contributed by atoms with Crippen LogP contribution < -0.4 is 5.32 Å². The number of hydrogen-bond acceptors (Lipinski definition) is 4. The average molecular weight is 379 g/mol. The van der Waals surface area contributed by atoms with Crippen LogP contribution in [0.5, 0.6) is 0 Å². The number of rotatable bonds is 5. The molecule has 2 aromatic heterocycles. The molecule has 0 atom stereocenters. The molecule has 2 aliphatic rings. The van der Waals surface area contributed by atoms with Crippen LogP contribution in [0.25, 0.3) is 22.3 Å². The number of carbonyl (C=O) groups is 1. The van der Waals surface area contributed by atoms with E-state index in [-0.39, 0.29) is 5.91 Å². The van der Waals surface area contributed by atoms with E-state index >= 15 is 0 Å². The number of aromatic nitrogens is 3. The van der Waals surface area contributed by atoms with Gasteiger partial charge in [0.05, 0.1) is 30.8 Å². The maximum atomic E-state index is 12.9. The molecule has 7 nitrogen and oxygen atoms in total. The van der Waals surface area contributed by atoms with Crippen molar-refractivity contribution in [3.63, 3.8) is 0 Å². The molecular weight excluding hydrogens is 354 g/mol. The standard InChI is InChI=1S/C21H25N5O2/c27-21(22-7-2-8-26-9-11-28-12-10-26)16-3-1-4-17-18(16)15-6-5-14-13-23-25-19(14)20(15)24-17/h1,3-4,13,24H,2,5-12H2,(H,22,27)(H,23,25). The van der Waals surface area contributed by atoms with Gasteiger partial charge in [-0.3, -0.25) is 14.8 Å². The minimum atomic E-state index is 0.00443. The predicted molar refractivity (Wildman–Crippen MR) is 107 cm³/mol. The highest BCUT2D eigenvalue weighted by Crippen LogP contribution is 2.37. The van der Waals surface area contributed by atoms with E-state index in [2.05, 4.69) is 25.4 Å². The number of nitrogens with zero attached hydrogens (tertiary/aromatic N) is 2. The largest absolute Gasteiger partial charge is 0.379 e. The van der Waals surface area contributed by atoms with E-state index in [0.29, 0.717) is 6.54 Å². The summed E-state index contributed by atoms with van der Waals surface area (Å²) in [7, 11) is 0. The zero-order valence-corrected chi connectivity index (χ0v) is 15.9. The number of benzene rings is 1. The van der Waals surface area contributed by atoms with Gasteiger partial charge in [-0.15, -0.1) is 0 Å². The Morgan fingerprint density at radius 1 is 1.21 bits per heavy atom. The summed E-state index contributed by atoms with van der Waals surface area (Å²) in [5.74, 6) is 0.00443. The normalized spacial score (nSPS) is 16.7. The highest BCUT2D eigenvalue weighted by Gasteiger charge is 2.25. The van der Waals surface area contributed by atoms with Gasteiger partial charge in [-0.25, -0.2) is 0 Å². The van der Waals surface area contributed by atoms with Crippen molar-refractivity contribution in [2.24, 2.45) is 0 Å². The summed E-state index contributed by atoms with van der Waals surface area (Å²) in [5, 5.41) is 11.4. The number of carbonyl (C=O) groups excluding carboxylic acids is 1. The fourth-order valence-electron chi connectivity index (χ4n) is 4.37. The Balaban J connectivity index is 1.32. The van der Waals surface area contributed by atoms with Crippen LogP contribution in [0, 0.1) is 0 Å². The summed E-state index contributed by atoms with van der Waals surface area (Å²) in [6.45, 7) is 5.27. The molecule has 0 saturated carbocycles. The number of H-pyrrole nitrogens is 2. The monoisotopic (exact) mass is 379 g/mol. The van der Waals surface area contributed by atoms with Crippen molar-refractivity contribution in [2.45, 2.75) is 19.3 Å². The first-order valence-corrected chi connectivity index (χ1v) is 10.1. The van der Waals surface area contributed by atoms with E-state index in [4.69, 9.17) is 4.74 Å². The van der Waals surface area contributed by atoms with Gasteiger partial charge in [-0.05, 0) is 49.1 Å². The number of fused-ring (bicyclic) bond motifs is 5. The molecule has 1 fully saturated rings. The molecule has 3 aromatic rings. The first-order valence-electron chi connectivity index (χ1n) is 10.1. The van der Waals surface area contributed by atoms with E-state index in [1.165, 1.54) is 11.1 Å². The van der Waals surface area contributed by atoms with Crippen molar-refractivity contribution < 1.29 is 9.53 Å². The van der Waals surface area contributed by atoms with Crippen LogP contribution in [0.2, 0.25) is 0 Å². The Morgan fingerprint density at radius 3 is 3.00 bits per heavy atom. The molecule has 1 aliphatic heterocycles. The number of ether oxygens (including phenoxy) is 1. The molecule has 0 bridgehead atoms. The first kappa shape index (κ1) is 17.5. The van der Waals surface area contributed by atoms with Gasteiger partial charge in [0.25, 0.3) is 5.91 Å². The lowest BCUT2D eigenvalue weighted by Crippen LogP contribution is -2.38. The second-order valence-electron chi connectivity index (χ2n) is 7.54. The quantitative estimate of drug-likeness (QED) is 0.593. The fourth-order valence-corrected chi connectivity index (χ4v) is 4.37. The predicted octanol–water partition coefficient (Wildman–Crippen LogP) is 2.11. The van der Waals surface area contributed by atoms with E-state index in [1.54, 1.807) is 0 Å². The van der Waals surface area contributed by atoms with Crippen molar-refractivity contribution in [3.8, 4) is 11.4 Å². The average Bonchev–Trinajstić information content (AvgIpc) is 3.35. The van der Waals surface area contributed by atoms with E-state index in [9.17, 15) is 4.79 Å². The zero-order chi connectivity index (χ0) is 18.9. The second-order valence-corrected chi connectivity index (χ2v) is 7.54. The summed E-state index contributed by atoms with van der Waals surface area (Å²) < 4.78 is 5.38. The molecule has 3 N–H and O–H groups in total. The summed E-state index contributed by atoms with van der Waals surface area (Å²) in [6, 6.07) is 5.91. The molecule has 1 amide bonds. The van der Waals surface area contributed by atoms with Crippen molar-refractivity contribution in [1.82, 2.24) is 25.4 Å². The van der Waals surface area contributed by atoms with Crippen molar-refractivity contribution in [1.29, 1.82) is 0 Å². The van der Waals surface area contributed by atoms with Gasteiger partial charge in [-0.1, -0.05) is 6.07 Å². The highest BCUT2D eigenvalue weighted by molar-refractivity contribution is 6.09. The number of amides is 1. The van der Waals surface area contributed by atoms with E-state index < -0.39 is 0 Å². The second kappa shape index (κ2) is 7.41. The van der Waals surface area contributed by atoms with Crippen LogP contribution in [-0.2, 0) is 17.6 Å². The third-order valence-electron chi connectivity index (χ3n) is 5.82. The summed E-state index contributed by atoms with van der Waals surface area (Å²) >= 11 is 0. The van der Waals surface area contributed by atoms with Gasteiger partial charge < -0.3 is 15.0 Å². The van der Waals surface area contributed by atoms with Crippen LogP contribution in [0.3, 0.4) is 0 Å². The molecule has 146 valence electrons. The van der Waals surface area contributed by atoms with Crippen molar-refractivity contribution >= 4 is 16.8 Å². The molecule has 5 rings (SSSR count). The molecule has 1 aromatic carbocycles. The lowest BCUT2D eigenvalue weighted by molar-refractivity contribution is 0.0374. The smallest absolute Gasteiger partial charge is 0.251 e. The maximum Gasteiger partial charge on any atom is 0.251 e. The fraction of sp³-hybridized carbons (Fsp3) is 0.429. The molecule has 28 heavy (non-hydrogen) atoms. The SMILES string of the molecule is O=C(NCCCN1CCOCC1)c1cccc2[nH]c3c(c12)CCc1cn[nH]c1-3. The summed E-state index contributed by atoms with van der Waals surface area (Å²) in [5.41, 5.74) is 6.33. The Hall–Kier alpha value is -2.64. The molecule has 0 radical (unpaired) electrons. The molecular formula is C21H25N5O2. The minimum absolute atomic E-state index is 0.00443. The molecule has 3 heterocycles. The number of hydrogen-bond donors (Lipinski definition) is 3. The summed E-state index contributed by atoms with van der Waals surface area (Å²) in [6.07, 6.45) is 4.71. The van der Waals surface area contributed by atoms with Crippen LogP contribution >= 0.6 is 0 Å². The topological polar surface area (TPSA) is 86.0 Å². The van der Waals surface area contributed by atoms with Crippen LogP contribution in [0.4, 0.5) is 0 Å². The molecule has 1 aliphatic carbocycles. The molecule has 0 unspecified atom stereocenters. The van der Waals surface area contributed by atoms with Gasteiger partial charge >= 0.3 is 0 Å². The van der Waals surface area contributed by atoms with Gasteiger partial charge in [0.15, 0.2) is 0 Å². The Kier molecular flexibility index (Phi) is 4.62.